The number of imide groups is 1. The Morgan fingerprint density at radius 1 is 1.19 bits per heavy atom. The van der Waals surface area contributed by atoms with Crippen molar-refractivity contribution in [2.45, 2.75) is 0 Å². The molecule has 1 N–H and O–H groups in total. The molecule has 1 aromatic carbocycles. The lowest BCUT2D eigenvalue weighted by Crippen LogP contribution is -2.36. The highest BCUT2D eigenvalue weighted by molar-refractivity contribution is 8.18. The molecule has 2 aromatic rings. The predicted octanol–water partition coefficient (Wildman–Crippen LogP) is 3.17. The Kier molecular flexibility index (Phi) is 5.26. The first-order valence-corrected chi connectivity index (χ1v) is 8.27. The zero-order valence-electron chi connectivity index (χ0n) is 13.4. The van der Waals surface area contributed by atoms with Crippen LogP contribution in [0.3, 0.4) is 0 Å². The van der Waals surface area contributed by atoms with E-state index in [9.17, 15) is 27.6 Å². The fourth-order valence-electron chi connectivity index (χ4n) is 2.20. The van der Waals surface area contributed by atoms with Crippen molar-refractivity contribution in [3.8, 4) is 0 Å². The number of aromatic nitrogens is 1. The average Bonchev–Trinajstić information content (AvgIpc) is 2.90. The number of carbonyl (C=O) groups is 3. The van der Waals surface area contributed by atoms with Crippen molar-refractivity contribution in [3.63, 3.8) is 0 Å². The summed E-state index contributed by atoms with van der Waals surface area (Å²) in [5, 5.41) is 1.32. The lowest BCUT2D eigenvalue weighted by Gasteiger charge is -2.13. The highest BCUT2D eigenvalue weighted by Gasteiger charge is 2.36. The SMILES string of the molecule is O=C(CN1C(=O)S/C(=C/c2cccnc2)C1=O)Nc1ccc(F)c(F)c1F. The van der Waals surface area contributed by atoms with Crippen LogP contribution in [-0.2, 0) is 9.59 Å². The summed E-state index contributed by atoms with van der Waals surface area (Å²) in [5.41, 5.74) is -0.00640. The van der Waals surface area contributed by atoms with Crippen LogP contribution in [-0.4, -0.2) is 33.5 Å². The topological polar surface area (TPSA) is 79.4 Å². The van der Waals surface area contributed by atoms with Crippen LogP contribution in [0.5, 0.6) is 0 Å². The predicted molar refractivity (Wildman–Crippen MR) is 91.9 cm³/mol. The summed E-state index contributed by atoms with van der Waals surface area (Å²) < 4.78 is 39.7. The van der Waals surface area contributed by atoms with Crippen molar-refractivity contribution >= 4 is 40.6 Å². The molecule has 1 aromatic heterocycles. The lowest BCUT2D eigenvalue weighted by molar-refractivity contribution is -0.127. The molecule has 10 heteroatoms. The zero-order valence-corrected chi connectivity index (χ0v) is 14.2. The van der Waals surface area contributed by atoms with E-state index in [2.05, 4.69) is 4.98 Å². The van der Waals surface area contributed by atoms with Crippen LogP contribution >= 0.6 is 11.8 Å². The molecule has 1 aliphatic heterocycles. The minimum atomic E-state index is -1.74. The second-order valence-electron chi connectivity index (χ2n) is 5.33. The van der Waals surface area contributed by atoms with E-state index < -0.39 is 46.7 Å². The Morgan fingerprint density at radius 2 is 1.96 bits per heavy atom. The summed E-state index contributed by atoms with van der Waals surface area (Å²) in [6, 6.07) is 4.81. The molecular formula is C17H10F3N3O3S. The number of nitrogens with one attached hydrogen (secondary N) is 1. The van der Waals surface area contributed by atoms with E-state index in [0.717, 1.165) is 6.07 Å². The van der Waals surface area contributed by atoms with Gasteiger partial charge in [0, 0.05) is 12.4 Å². The maximum atomic E-state index is 13.6. The van der Waals surface area contributed by atoms with Crippen LogP contribution in [0.4, 0.5) is 23.7 Å². The molecule has 0 spiro atoms. The number of nitrogens with zero attached hydrogens (tertiary/aromatic N) is 2. The number of hydrogen-bond acceptors (Lipinski definition) is 5. The van der Waals surface area contributed by atoms with E-state index in [1.165, 1.54) is 12.3 Å². The first-order chi connectivity index (χ1) is 12.9. The third-order valence-electron chi connectivity index (χ3n) is 3.47. The van der Waals surface area contributed by atoms with Gasteiger partial charge in [0.1, 0.15) is 6.54 Å². The van der Waals surface area contributed by atoms with Crippen LogP contribution in [0.1, 0.15) is 5.56 Å². The van der Waals surface area contributed by atoms with Crippen molar-refractivity contribution in [3.05, 3.63) is 64.6 Å². The van der Waals surface area contributed by atoms with Gasteiger partial charge in [0.15, 0.2) is 17.5 Å². The number of halogens is 3. The van der Waals surface area contributed by atoms with Crippen LogP contribution < -0.4 is 5.32 Å². The van der Waals surface area contributed by atoms with E-state index in [1.54, 1.807) is 18.3 Å². The average molecular weight is 393 g/mol. The Balaban J connectivity index is 1.71. The van der Waals surface area contributed by atoms with Gasteiger partial charge in [0.05, 0.1) is 10.6 Å². The molecule has 1 saturated heterocycles. The highest BCUT2D eigenvalue weighted by atomic mass is 32.2. The number of anilines is 1. The standard InChI is InChI=1S/C17H10F3N3O3S/c18-10-3-4-11(15(20)14(10)19)22-13(24)8-23-16(25)12(27-17(23)26)6-9-2-1-5-21-7-9/h1-7H,8H2,(H,22,24)/b12-6+. The molecule has 0 saturated carbocycles. The van der Waals surface area contributed by atoms with Crippen LogP contribution in [0, 0.1) is 17.5 Å². The largest absolute Gasteiger partial charge is 0.322 e. The Bertz CT molecular complexity index is 967. The van der Waals surface area contributed by atoms with Crippen molar-refractivity contribution in [1.29, 1.82) is 0 Å². The van der Waals surface area contributed by atoms with E-state index in [-0.39, 0.29) is 4.91 Å². The minimum Gasteiger partial charge on any atom is -0.322 e. The number of rotatable bonds is 4. The van der Waals surface area contributed by atoms with Crippen molar-refractivity contribution < 1.29 is 27.6 Å². The van der Waals surface area contributed by atoms with Crippen LogP contribution in [0.15, 0.2) is 41.6 Å². The molecule has 0 bridgehead atoms. The van der Waals surface area contributed by atoms with Gasteiger partial charge in [-0.1, -0.05) is 6.07 Å². The lowest BCUT2D eigenvalue weighted by atomic mass is 10.2. The van der Waals surface area contributed by atoms with Gasteiger partial charge in [-0.25, -0.2) is 13.2 Å². The highest BCUT2D eigenvalue weighted by Crippen LogP contribution is 2.32. The molecule has 1 aliphatic rings. The van der Waals surface area contributed by atoms with Gasteiger partial charge in [-0.3, -0.25) is 24.3 Å². The molecule has 6 nitrogen and oxygen atoms in total. The van der Waals surface area contributed by atoms with Crippen molar-refractivity contribution in [2.24, 2.45) is 0 Å². The summed E-state index contributed by atoms with van der Waals surface area (Å²) in [6.07, 6.45) is 4.49. The number of hydrogen-bond donors (Lipinski definition) is 1. The maximum Gasteiger partial charge on any atom is 0.294 e. The first-order valence-electron chi connectivity index (χ1n) is 7.45. The fraction of sp³-hybridized carbons (Fsp3) is 0.0588. The van der Waals surface area contributed by atoms with Gasteiger partial charge in [-0.05, 0) is 41.6 Å². The van der Waals surface area contributed by atoms with Gasteiger partial charge in [0.2, 0.25) is 5.91 Å². The molecule has 3 rings (SSSR count). The Hall–Kier alpha value is -3.14. The molecular weight excluding hydrogens is 383 g/mol. The van der Waals surface area contributed by atoms with Gasteiger partial charge < -0.3 is 5.32 Å². The van der Waals surface area contributed by atoms with Gasteiger partial charge in [-0.2, -0.15) is 0 Å². The monoisotopic (exact) mass is 393 g/mol. The van der Waals surface area contributed by atoms with E-state index in [4.69, 9.17) is 0 Å². The summed E-state index contributed by atoms with van der Waals surface area (Å²) in [5.74, 6) is -6.36. The summed E-state index contributed by atoms with van der Waals surface area (Å²) >= 11 is 0.640. The summed E-state index contributed by atoms with van der Waals surface area (Å²) in [7, 11) is 0. The smallest absolute Gasteiger partial charge is 0.294 e. The molecule has 138 valence electrons. The number of pyridine rings is 1. The second kappa shape index (κ2) is 7.62. The summed E-state index contributed by atoms with van der Waals surface area (Å²) in [6.45, 7) is -0.701. The Morgan fingerprint density at radius 3 is 2.67 bits per heavy atom. The fourth-order valence-corrected chi connectivity index (χ4v) is 3.04. The molecule has 2 heterocycles. The summed E-state index contributed by atoms with van der Waals surface area (Å²) in [4.78, 5) is 40.9. The number of benzene rings is 1. The molecule has 1 fully saturated rings. The van der Waals surface area contributed by atoms with Gasteiger partial charge >= 0.3 is 0 Å². The molecule has 0 aliphatic carbocycles. The molecule has 0 radical (unpaired) electrons. The number of amides is 3. The third-order valence-corrected chi connectivity index (χ3v) is 4.37. The van der Waals surface area contributed by atoms with Gasteiger partial charge in [0.25, 0.3) is 11.1 Å². The minimum absolute atomic E-state index is 0.0970. The maximum absolute atomic E-state index is 13.6. The second-order valence-corrected chi connectivity index (χ2v) is 6.32. The van der Waals surface area contributed by atoms with Crippen molar-refractivity contribution in [1.82, 2.24) is 9.88 Å². The normalized spacial score (nSPS) is 15.5. The molecule has 0 atom stereocenters. The van der Waals surface area contributed by atoms with Crippen LogP contribution in [0.2, 0.25) is 0 Å². The third kappa shape index (κ3) is 4.00. The first kappa shape index (κ1) is 18.6. The van der Waals surface area contributed by atoms with E-state index in [1.807, 2.05) is 5.32 Å². The van der Waals surface area contributed by atoms with Crippen molar-refractivity contribution in [2.75, 3.05) is 11.9 Å². The quantitative estimate of drug-likeness (QED) is 0.638. The number of thioether (sulfide) groups is 1. The van der Waals surface area contributed by atoms with Crippen LogP contribution in [0.25, 0.3) is 6.08 Å². The molecule has 0 unspecified atom stereocenters. The van der Waals surface area contributed by atoms with Gasteiger partial charge in [-0.15, -0.1) is 0 Å². The van der Waals surface area contributed by atoms with E-state index >= 15 is 0 Å². The number of carbonyl (C=O) groups excluding carboxylic acids is 3. The molecule has 27 heavy (non-hydrogen) atoms. The zero-order chi connectivity index (χ0) is 19.6. The van der Waals surface area contributed by atoms with E-state index in [0.29, 0.717) is 28.3 Å². The molecule has 3 amide bonds. The Labute approximate surface area is 155 Å².